The Balaban J connectivity index is 2.08. The van der Waals surface area contributed by atoms with Crippen LogP contribution in [0.2, 0.25) is 0 Å². The number of esters is 2. The zero-order chi connectivity index (χ0) is 27.7. The summed E-state index contributed by atoms with van der Waals surface area (Å²) in [7, 11) is 0. The van der Waals surface area contributed by atoms with E-state index in [9.17, 15) is 19.8 Å². The summed E-state index contributed by atoms with van der Waals surface area (Å²) in [5.41, 5.74) is 0.887. The van der Waals surface area contributed by atoms with Gasteiger partial charge in [0.25, 0.3) is 0 Å². The normalized spacial score (nSPS) is 35.0. The van der Waals surface area contributed by atoms with Crippen molar-refractivity contribution in [3.05, 3.63) is 36.0 Å². The van der Waals surface area contributed by atoms with Gasteiger partial charge in [0.1, 0.15) is 12.2 Å². The summed E-state index contributed by atoms with van der Waals surface area (Å²) in [6, 6.07) is 0. The maximum absolute atomic E-state index is 12.6. The third-order valence-corrected chi connectivity index (χ3v) is 7.58. The molecule has 210 valence electrons. The van der Waals surface area contributed by atoms with Gasteiger partial charge < -0.3 is 24.4 Å². The van der Waals surface area contributed by atoms with Crippen LogP contribution in [0, 0.1) is 23.7 Å². The van der Waals surface area contributed by atoms with Gasteiger partial charge in [-0.05, 0) is 56.1 Å². The number of epoxide rings is 1. The summed E-state index contributed by atoms with van der Waals surface area (Å²) in [5, 5.41) is 20.4. The first kappa shape index (κ1) is 31.3. The number of hydrogen-bond acceptors (Lipinski definition) is 7. The highest BCUT2D eigenvalue weighted by Gasteiger charge is 2.44. The Labute approximate surface area is 222 Å². The molecule has 2 aliphatic rings. The molecular weight excluding hydrogens is 472 g/mol. The van der Waals surface area contributed by atoms with Crippen LogP contribution in [0.15, 0.2) is 36.0 Å². The molecule has 0 radical (unpaired) electrons. The van der Waals surface area contributed by atoms with Crippen LogP contribution in [0.25, 0.3) is 0 Å². The number of cyclic esters (lactones) is 1. The lowest BCUT2D eigenvalue weighted by Gasteiger charge is -2.27. The van der Waals surface area contributed by atoms with Crippen molar-refractivity contribution in [1.29, 1.82) is 0 Å². The number of hydrogen-bond donors (Lipinski definition) is 2. The van der Waals surface area contributed by atoms with Gasteiger partial charge in [-0.3, -0.25) is 9.59 Å². The molecule has 1 fully saturated rings. The first-order valence-electron chi connectivity index (χ1n) is 13.8. The van der Waals surface area contributed by atoms with E-state index in [0.29, 0.717) is 18.8 Å². The van der Waals surface area contributed by atoms with Crippen molar-refractivity contribution < 1.29 is 34.0 Å². The maximum atomic E-state index is 12.6. The van der Waals surface area contributed by atoms with Crippen LogP contribution in [-0.4, -0.2) is 58.8 Å². The number of rotatable bonds is 9. The van der Waals surface area contributed by atoms with E-state index < -0.39 is 24.3 Å². The number of aliphatic hydroxyl groups is 2. The van der Waals surface area contributed by atoms with Crippen molar-refractivity contribution in [2.75, 3.05) is 0 Å². The van der Waals surface area contributed by atoms with Crippen molar-refractivity contribution >= 4 is 11.9 Å². The van der Waals surface area contributed by atoms with Gasteiger partial charge in [0.05, 0.1) is 30.8 Å². The lowest BCUT2D eigenvalue weighted by atomic mass is 9.92. The monoisotopic (exact) mass is 520 g/mol. The number of carbonyl (C=O) groups excluding carboxylic acids is 2. The zero-order valence-electron chi connectivity index (χ0n) is 23.6. The lowest BCUT2D eigenvalue weighted by molar-refractivity contribution is -0.151. The zero-order valence-corrected chi connectivity index (χ0v) is 23.6. The molecule has 7 heteroatoms. The fraction of sp³-hybridized carbons (Fsp3) is 0.733. The van der Waals surface area contributed by atoms with Crippen LogP contribution >= 0.6 is 0 Å². The molecule has 7 nitrogen and oxygen atoms in total. The average Bonchev–Trinajstić information content (AvgIpc) is 3.60. The van der Waals surface area contributed by atoms with Crippen molar-refractivity contribution in [3.63, 3.8) is 0 Å². The Morgan fingerprint density at radius 3 is 2.57 bits per heavy atom. The summed E-state index contributed by atoms with van der Waals surface area (Å²) < 4.78 is 17.1. The second-order valence-electron chi connectivity index (χ2n) is 11.1. The number of carbonyl (C=O) groups is 2. The predicted molar refractivity (Wildman–Crippen MR) is 144 cm³/mol. The van der Waals surface area contributed by atoms with Gasteiger partial charge >= 0.3 is 11.9 Å². The maximum Gasteiger partial charge on any atom is 0.309 e. The van der Waals surface area contributed by atoms with Crippen LogP contribution < -0.4 is 0 Å². The Morgan fingerprint density at radius 2 is 1.92 bits per heavy atom. The molecule has 0 aliphatic carbocycles. The van der Waals surface area contributed by atoms with Crippen LogP contribution in [-0.2, 0) is 23.8 Å². The Hall–Kier alpha value is -1.96. The van der Waals surface area contributed by atoms with Gasteiger partial charge in [0.2, 0.25) is 0 Å². The van der Waals surface area contributed by atoms with E-state index in [1.165, 1.54) is 6.92 Å². The Kier molecular flexibility index (Phi) is 12.5. The van der Waals surface area contributed by atoms with E-state index in [1.54, 1.807) is 0 Å². The van der Waals surface area contributed by atoms with Gasteiger partial charge in [-0.25, -0.2) is 0 Å². The molecule has 0 aromatic rings. The van der Waals surface area contributed by atoms with Crippen molar-refractivity contribution in [3.8, 4) is 0 Å². The molecule has 1 saturated heterocycles. The molecule has 10 unspecified atom stereocenters. The molecule has 0 spiro atoms. The SMILES string of the molecule is CCC(O)C(C)C1OC1CC(C)/C=C/C=C(\C)C1OC(=O)CC(O)CCC(C)C(OC(C)=O)/C=C/C1C. The average molecular weight is 521 g/mol. The van der Waals surface area contributed by atoms with Crippen LogP contribution in [0.3, 0.4) is 0 Å². The first-order chi connectivity index (χ1) is 17.4. The number of ether oxygens (including phenoxy) is 3. The van der Waals surface area contributed by atoms with E-state index in [2.05, 4.69) is 13.0 Å². The van der Waals surface area contributed by atoms with Crippen LogP contribution in [0.1, 0.15) is 80.6 Å². The third kappa shape index (κ3) is 10.4. The molecule has 0 amide bonds. The van der Waals surface area contributed by atoms with Crippen molar-refractivity contribution in [1.82, 2.24) is 0 Å². The summed E-state index contributed by atoms with van der Waals surface area (Å²) in [4.78, 5) is 24.2. The smallest absolute Gasteiger partial charge is 0.309 e. The van der Waals surface area contributed by atoms with Crippen LogP contribution in [0.5, 0.6) is 0 Å². The fourth-order valence-electron chi connectivity index (χ4n) is 4.98. The first-order valence-corrected chi connectivity index (χ1v) is 13.8. The minimum atomic E-state index is -0.799. The lowest BCUT2D eigenvalue weighted by Crippen LogP contribution is -2.30. The minimum absolute atomic E-state index is 0.0141. The summed E-state index contributed by atoms with van der Waals surface area (Å²) in [5.74, 6) is -0.477. The van der Waals surface area contributed by atoms with Gasteiger partial charge in [-0.1, -0.05) is 58.9 Å². The highest BCUT2D eigenvalue weighted by molar-refractivity contribution is 5.70. The van der Waals surface area contributed by atoms with Crippen molar-refractivity contribution in [2.45, 2.75) is 117 Å². The molecule has 2 rings (SSSR count). The third-order valence-electron chi connectivity index (χ3n) is 7.58. The Morgan fingerprint density at radius 1 is 1.22 bits per heavy atom. The van der Waals surface area contributed by atoms with E-state index >= 15 is 0 Å². The molecular formula is C30H48O7. The number of allylic oxidation sites excluding steroid dienone is 3. The molecule has 37 heavy (non-hydrogen) atoms. The molecule has 0 aromatic carbocycles. The second-order valence-corrected chi connectivity index (χ2v) is 11.1. The molecule has 0 saturated carbocycles. The highest BCUT2D eigenvalue weighted by atomic mass is 16.6. The summed E-state index contributed by atoms with van der Waals surface area (Å²) in [6.45, 7) is 13.4. The molecule has 2 N–H and O–H groups in total. The standard InChI is InChI=1S/C30H48O7/c1-8-25(33)22(6)30-27(36-30)16-18(2)10-9-11-20(4)29-21(5)13-15-26(35-23(7)31)19(3)12-14-24(32)17-28(34)37-29/h9-11,13,15,18-19,21-22,24-27,29-30,32-33H,8,12,14,16-17H2,1-7H3/b10-9+,15-13+,20-11+. The predicted octanol–water partition coefficient (Wildman–Crippen LogP) is 4.91. The highest BCUT2D eigenvalue weighted by Crippen LogP contribution is 2.36. The van der Waals surface area contributed by atoms with E-state index in [4.69, 9.17) is 14.2 Å². The van der Waals surface area contributed by atoms with Crippen LogP contribution in [0.4, 0.5) is 0 Å². The molecule has 0 aromatic heterocycles. The second kappa shape index (κ2) is 14.8. The van der Waals surface area contributed by atoms with Gasteiger partial charge in [-0.2, -0.15) is 0 Å². The van der Waals surface area contributed by atoms with E-state index in [1.807, 2.05) is 58.9 Å². The number of aliphatic hydroxyl groups excluding tert-OH is 2. The molecule has 2 aliphatic heterocycles. The Bertz CT molecular complexity index is 832. The fourth-order valence-corrected chi connectivity index (χ4v) is 4.98. The van der Waals surface area contributed by atoms with E-state index in [0.717, 1.165) is 18.4 Å². The largest absolute Gasteiger partial charge is 0.458 e. The topological polar surface area (TPSA) is 106 Å². The molecule has 10 atom stereocenters. The van der Waals surface area contributed by atoms with E-state index in [-0.39, 0.29) is 48.5 Å². The van der Waals surface area contributed by atoms with Gasteiger partial charge in [-0.15, -0.1) is 0 Å². The summed E-state index contributed by atoms with van der Waals surface area (Å²) in [6.07, 6.45) is 10.8. The molecule has 2 heterocycles. The van der Waals surface area contributed by atoms with Crippen molar-refractivity contribution in [2.24, 2.45) is 23.7 Å². The molecule has 0 bridgehead atoms. The van der Waals surface area contributed by atoms with Gasteiger partial charge in [0, 0.05) is 18.8 Å². The minimum Gasteiger partial charge on any atom is -0.458 e. The summed E-state index contributed by atoms with van der Waals surface area (Å²) >= 11 is 0. The van der Waals surface area contributed by atoms with Gasteiger partial charge in [0.15, 0.2) is 0 Å². The quantitative estimate of drug-likeness (QED) is 0.193.